The molecule has 0 amide bonds. The van der Waals surface area contributed by atoms with Crippen molar-refractivity contribution in [1.82, 2.24) is 5.32 Å². The van der Waals surface area contributed by atoms with Crippen molar-refractivity contribution in [2.45, 2.75) is 31.3 Å². The lowest BCUT2D eigenvalue weighted by Gasteiger charge is -2.26. The third-order valence-corrected chi connectivity index (χ3v) is 5.60. The van der Waals surface area contributed by atoms with Crippen molar-refractivity contribution in [2.75, 3.05) is 31.2 Å². The molecule has 0 saturated carbocycles. The molecule has 0 spiro atoms. The summed E-state index contributed by atoms with van der Waals surface area (Å²) in [6, 6.07) is 16.2. The van der Waals surface area contributed by atoms with Gasteiger partial charge >= 0.3 is 0 Å². The van der Waals surface area contributed by atoms with Crippen molar-refractivity contribution >= 4 is 5.69 Å². The van der Waals surface area contributed by atoms with Crippen LogP contribution in [0.15, 0.2) is 42.5 Å². The maximum Gasteiger partial charge on any atom is 0.184 e. The third-order valence-electron chi connectivity index (χ3n) is 5.60. The normalized spacial score (nSPS) is 22.2. The molecule has 0 bridgehead atoms. The predicted octanol–water partition coefficient (Wildman–Crippen LogP) is 2.79. The van der Waals surface area contributed by atoms with E-state index in [0.717, 1.165) is 37.4 Å². The van der Waals surface area contributed by atoms with Crippen molar-refractivity contribution in [3.05, 3.63) is 53.6 Å². The Kier molecular flexibility index (Phi) is 3.78. The van der Waals surface area contributed by atoms with E-state index in [2.05, 4.69) is 46.6 Å². The molecular formula is C21H24N2O2. The number of nitrogens with one attached hydrogen (secondary N) is 1. The molecule has 1 N–H and O–H groups in total. The number of fused-ring (bicyclic) bond motifs is 2. The molecule has 4 heteroatoms. The average molecular weight is 336 g/mol. The number of para-hydroxylation sites is 1. The van der Waals surface area contributed by atoms with Gasteiger partial charge in [0.25, 0.3) is 0 Å². The van der Waals surface area contributed by atoms with E-state index < -0.39 is 0 Å². The first kappa shape index (κ1) is 15.1. The molecule has 2 aromatic carbocycles. The van der Waals surface area contributed by atoms with Gasteiger partial charge in [-0.05, 0) is 42.5 Å². The highest BCUT2D eigenvalue weighted by molar-refractivity contribution is 5.65. The molecule has 5 rings (SSSR count). The lowest BCUT2D eigenvalue weighted by atomic mass is 10.1. The summed E-state index contributed by atoms with van der Waals surface area (Å²) < 4.78 is 11.6. The molecule has 0 radical (unpaired) electrons. The van der Waals surface area contributed by atoms with E-state index in [0.29, 0.717) is 25.3 Å². The maximum absolute atomic E-state index is 5.89. The Morgan fingerprint density at radius 3 is 2.52 bits per heavy atom. The van der Waals surface area contributed by atoms with Gasteiger partial charge in [-0.2, -0.15) is 0 Å². The first-order chi connectivity index (χ1) is 12.4. The SMILES string of the molecule is c1ccc2c(c1)CC(NC1CCN(c3cccc4c3OCCO4)C1)C2. The number of hydrogen-bond acceptors (Lipinski definition) is 4. The monoisotopic (exact) mass is 336 g/mol. The van der Waals surface area contributed by atoms with Crippen LogP contribution < -0.4 is 19.7 Å². The smallest absolute Gasteiger partial charge is 0.184 e. The topological polar surface area (TPSA) is 33.7 Å². The van der Waals surface area contributed by atoms with E-state index in [9.17, 15) is 0 Å². The van der Waals surface area contributed by atoms with Gasteiger partial charge in [0, 0.05) is 25.2 Å². The Morgan fingerprint density at radius 2 is 1.68 bits per heavy atom. The predicted molar refractivity (Wildman–Crippen MR) is 98.8 cm³/mol. The minimum Gasteiger partial charge on any atom is -0.486 e. The Morgan fingerprint density at radius 1 is 0.880 bits per heavy atom. The van der Waals surface area contributed by atoms with Crippen LogP contribution in [0.5, 0.6) is 11.5 Å². The minimum absolute atomic E-state index is 0.541. The first-order valence-corrected chi connectivity index (χ1v) is 9.33. The summed E-state index contributed by atoms with van der Waals surface area (Å²) in [5, 5.41) is 3.89. The standard InChI is InChI=1S/C21H24N2O2/c1-2-5-16-13-18(12-15(16)4-1)22-17-8-9-23(14-17)19-6-3-7-20-21(19)25-11-10-24-20/h1-7,17-18,22H,8-14H2. The second kappa shape index (κ2) is 6.26. The number of hydrogen-bond donors (Lipinski definition) is 1. The van der Waals surface area contributed by atoms with Crippen molar-refractivity contribution in [2.24, 2.45) is 0 Å². The number of benzene rings is 2. The van der Waals surface area contributed by atoms with E-state index in [1.807, 2.05) is 6.07 Å². The van der Waals surface area contributed by atoms with E-state index in [-0.39, 0.29) is 0 Å². The highest BCUT2D eigenvalue weighted by Crippen LogP contribution is 2.40. The van der Waals surface area contributed by atoms with Crippen molar-refractivity contribution in [3.8, 4) is 11.5 Å². The third kappa shape index (κ3) is 2.85. The number of anilines is 1. The highest BCUT2D eigenvalue weighted by atomic mass is 16.6. The molecule has 25 heavy (non-hydrogen) atoms. The molecule has 1 unspecified atom stereocenters. The van der Waals surface area contributed by atoms with Crippen LogP contribution >= 0.6 is 0 Å². The molecule has 0 aromatic heterocycles. The molecule has 1 atom stereocenters. The zero-order valence-electron chi connectivity index (χ0n) is 14.4. The fourth-order valence-corrected chi connectivity index (χ4v) is 4.43. The summed E-state index contributed by atoms with van der Waals surface area (Å²) in [4.78, 5) is 2.44. The van der Waals surface area contributed by atoms with Crippen molar-refractivity contribution < 1.29 is 9.47 Å². The number of ether oxygens (including phenoxy) is 2. The lowest BCUT2D eigenvalue weighted by molar-refractivity contribution is 0.172. The molecule has 2 aromatic rings. The van der Waals surface area contributed by atoms with Gasteiger partial charge in [0.05, 0.1) is 5.69 Å². The van der Waals surface area contributed by atoms with E-state index in [1.165, 1.54) is 23.2 Å². The fraction of sp³-hybridized carbons (Fsp3) is 0.429. The van der Waals surface area contributed by atoms with Gasteiger partial charge in [0.2, 0.25) is 0 Å². The first-order valence-electron chi connectivity index (χ1n) is 9.33. The molecule has 2 aliphatic heterocycles. The van der Waals surface area contributed by atoms with Crippen molar-refractivity contribution in [1.29, 1.82) is 0 Å². The van der Waals surface area contributed by atoms with Gasteiger partial charge in [-0.1, -0.05) is 30.3 Å². The molecule has 2 heterocycles. The lowest BCUT2D eigenvalue weighted by Crippen LogP contribution is -2.40. The van der Waals surface area contributed by atoms with Gasteiger partial charge in [-0.25, -0.2) is 0 Å². The molecular weight excluding hydrogens is 312 g/mol. The van der Waals surface area contributed by atoms with Crippen LogP contribution in [0.25, 0.3) is 0 Å². The summed E-state index contributed by atoms with van der Waals surface area (Å²) in [5.74, 6) is 1.80. The second-order valence-corrected chi connectivity index (χ2v) is 7.27. The molecule has 130 valence electrons. The van der Waals surface area contributed by atoms with Crippen LogP contribution in [0.4, 0.5) is 5.69 Å². The van der Waals surface area contributed by atoms with Gasteiger partial charge in [0.15, 0.2) is 11.5 Å². The summed E-state index contributed by atoms with van der Waals surface area (Å²) in [6.45, 7) is 3.38. The highest BCUT2D eigenvalue weighted by Gasteiger charge is 2.30. The van der Waals surface area contributed by atoms with Crippen molar-refractivity contribution in [3.63, 3.8) is 0 Å². The van der Waals surface area contributed by atoms with Crippen LogP contribution in [0.2, 0.25) is 0 Å². The van der Waals surface area contributed by atoms with Crippen LogP contribution in [0.3, 0.4) is 0 Å². The van der Waals surface area contributed by atoms with E-state index in [4.69, 9.17) is 9.47 Å². The number of rotatable bonds is 3. The zero-order valence-corrected chi connectivity index (χ0v) is 14.4. The second-order valence-electron chi connectivity index (χ2n) is 7.27. The average Bonchev–Trinajstić information content (AvgIpc) is 3.27. The van der Waals surface area contributed by atoms with Gasteiger partial charge < -0.3 is 19.7 Å². The quantitative estimate of drug-likeness (QED) is 0.934. The molecule has 4 nitrogen and oxygen atoms in total. The van der Waals surface area contributed by atoms with Gasteiger partial charge in [-0.15, -0.1) is 0 Å². The van der Waals surface area contributed by atoms with Gasteiger partial charge in [-0.3, -0.25) is 0 Å². The molecule has 1 fully saturated rings. The number of nitrogens with zero attached hydrogens (tertiary/aromatic N) is 1. The summed E-state index contributed by atoms with van der Waals surface area (Å²) in [6.07, 6.45) is 3.49. The molecule has 1 aliphatic carbocycles. The van der Waals surface area contributed by atoms with E-state index >= 15 is 0 Å². The Hall–Kier alpha value is -2.20. The van der Waals surface area contributed by atoms with Crippen LogP contribution in [0.1, 0.15) is 17.5 Å². The van der Waals surface area contributed by atoms with Crippen LogP contribution in [0, 0.1) is 0 Å². The fourth-order valence-electron chi connectivity index (χ4n) is 4.43. The minimum atomic E-state index is 0.541. The zero-order chi connectivity index (χ0) is 16.6. The Bertz CT molecular complexity index is 751. The summed E-state index contributed by atoms with van der Waals surface area (Å²) >= 11 is 0. The maximum atomic E-state index is 5.89. The molecule has 3 aliphatic rings. The Labute approximate surface area is 148 Å². The van der Waals surface area contributed by atoms with Crippen LogP contribution in [-0.4, -0.2) is 38.4 Å². The van der Waals surface area contributed by atoms with E-state index in [1.54, 1.807) is 0 Å². The summed E-state index contributed by atoms with van der Waals surface area (Å²) in [5.41, 5.74) is 4.20. The molecule has 1 saturated heterocycles. The van der Waals surface area contributed by atoms with Gasteiger partial charge in [0.1, 0.15) is 13.2 Å². The summed E-state index contributed by atoms with van der Waals surface area (Å²) in [7, 11) is 0. The largest absolute Gasteiger partial charge is 0.486 e. The van der Waals surface area contributed by atoms with Crippen LogP contribution in [-0.2, 0) is 12.8 Å². The Balaban J connectivity index is 1.25.